The lowest BCUT2D eigenvalue weighted by Gasteiger charge is -2.05. The van der Waals surface area contributed by atoms with Crippen LogP contribution in [-0.2, 0) is 14.3 Å². The van der Waals surface area contributed by atoms with Crippen molar-refractivity contribution in [3.05, 3.63) is 0 Å². The fraction of sp³-hybridized carbons (Fsp3) is 0.714. The summed E-state index contributed by atoms with van der Waals surface area (Å²) in [7, 11) is 0. The van der Waals surface area contributed by atoms with Gasteiger partial charge in [0, 0.05) is 6.92 Å². The van der Waals surface area contributed by atoms with E-state index >= 15 is 0 Å². The maximum absolute atomic E-state index is 10.3. The van der Waals surface area contributed by atoms with E-state index in [-0.39, 0.29) is 12.6 Å². The van der Waals surface area contributed by atoms with Gasteiger partial charge in [-0.05, 0) is 12.8 Å². The Hall–Kier alpha value is -1.10. The van der Waals surface area contributed by atoms with E-state index in [2.05, 4.69) is 4.74 Å². The van der Waals surface area contributed by atoms with Gasteiger partial charge in [-0.3, -0.25) is 9.59 Å². The summed E-state index contributed by atoms with van der Waals surface area (Å²) < 4.78 is 4.58. The van der Waals surface area contributed by atoms with Crippen molar-refractivity contribution in [1.82, 2.24) is 0 Å². The summed E-state index contributed by atoms with van der Waals surface area (Å²) in [5.41, 5.74) is 5.19. The lowest BCUT2D eigenvalue weighted by molar-refractivity contribution is -0.141. The Labute approximate surface area is 70.5 Å². The van der Waals surface area contributed by atoms with Crippen LogP contribution in [0.3, 0.4) is 0 Å². The van der Waals surface area contributed by atoms with E-state index in [1.165, 1.54) is 6.92 Å². The molecule has 0 saturated carbocycles. The number of esters is 1. The molecule has 0 spiro atoms. The Kier molecular flexibility index (Phi) is 5.03. The highest BCUT2D eigenvalue weighted by molar-refractivity contribution is 5.72. The van der Waals surface area contributed by atoms with E-state index in [1.54, 1.807) is 0 Å². The number of carbonyl (C=O) groups excluding carboxylic acids is 1. The number of aliphatic carboxylic acids is 1. The van der Waals surface area contributed by atoms with Gasteiger partial charge in [0.1, 0.15) is 6.04 Å². The molecule has 0 aromatic rings. The highest BCUT2D eigenvalue weighted by Crippen LogP contribution is 1.95. The molecular weight excluding hydrogens is 162 g/mol. The van der Waals surface area contributed by atoms with Crippen LogP contribution >= 0.6 is 0 Å². The first kappa shape index (κ1) is 10.9. The number of nitrogens with two attached hydrogens (primary N) is 1. The molecule has 70 valence electrons. The van der Waals surface area contributed by atoms with Crippen LogP contribution in [0.15, 0.2) is 0 Å². The molecule has 0 radical (unpaired) electrons. The van der Waals surface area contributed by atoms with Crippen LogP contribution < -0.4 is 5.73 Å². The van der Waals surface area contributed by atoms with E-state index < -0.39 is 12.0 Å². The lowest BCUT2D eigenvalue weighted by atomic mass is 10.2. The molecule has 5 heteroatoms. The molecule has 0 aliphatic heterocycles. The average Bonchev–Trinajstić information content (AvgIpc) is 1.97. The number of hydrogen-bond donors (Lipinski definition) is 2. The molecule has 5 nitrogen and oxygen atoms in total. The van der Waals surface area contributed by atoms with Crippen molar-refractivity contribution in [3.8, 4) is 0 Å². The van der Waals surface area contributed by atoms with Crippen molar-refractivity contribution in [2.75, 3.05) is 6.61 Å². The smallest absolute Gasteiger partial charge is 0.320 e. The minimum absolute atomic E-state index is 0.232. The second-order valence-electron chi connectivity index (χ2n) is 2.43. The summed E-state index contributed by atoms with van der Waals surface area (Å²) in [5, 5.41) is 8.36. The zero-order chi connectivity index (χ0) is 9.56. The van der Waals surface area contributed by atoms with Crippen LogP contribution in [0.25, 0.3) is 0 Å². The van der Waals surface area contributed by atoms with Gasteiger partial charge >= 0.3 is 11.9 Å². The van der Waals surface area contributed by atoms with Gasteiger partial charge in [0.2, 0.25) is 0 Å². The Balaban J connectivity index is 3.31. The second kappa shape index (κ2) is 5.54. The second-order valence-corrected chi connectivity index (χ2v) is 2.43. The highest BCUT2D eigenvalue weighted by Gasteiger charge is 2.10. The Morgan fingerprint density at radius 2 is 2.17 bits per heavy atom. The molecule has 0 unspecified atom stereocenters. The van der Waals surface area contributed by atoms with Gasteiger partial charge in [0.25, 0.3) is 0 Å². The van der Waals surface area contributed by atoms with Crippen LogP contribution in [0.5, 0.6) is 0 Å². The third-order valence-corrected chi connectivity index (χ3v) is 1.28. The van der Waals surface area contributed by atoms with Crippen molar-refractivity contribution >= 4 is 11.9 Å². The predicted octanol–water partition coefficient (Wildman–Crippen LogP) is -0.258. The molecule has 0 heterocycles. The van der Waals surface area contributed by atoms with Crippen LogP contribution in [0.2, 0.25) is 0 Å². The van der Waals surface area contributed by atoms with Gasteiger partial charge in [0.15, 0.2) is 0 Å². The van der Waals surface area contributed by atoms with Crippen LogP contribution in [0.4, 0.5) is 0 Å². The molecule has 0 aromatic heterocycles. The number of hydrogen-bond acceptors (Lipinski definition) is 4. The van der Waals surface area contributed by atoms with Gasteiger partial charge in [0.05, 0.1) is 6.61 Å². The number of carbonyl (C=O) groups is 2. The first-order valence-corrected chi connectivity index (χ1v) is 3.65. The normalized spacial score (nSPS) is 12.2. The topological polar surface area (TPSA) is 89.6 Å². The van der Waals surface area contributed by atoms with Crippen molar-refractivity contribution < 1.29 is 19.4 Å². The highest BCUT2D eigenvalue weighted by atomic mass is 16.5. The SMILES string of the molecule is CC(=O)OCCC[C@H](N)C(=O)O. The molecule has 0 aliphatic rings. The third-order valence-electron chi connectivity index (χ3n) is 1.28. The number of carboxylic acids is 1. The molecule has 1 atom stereocenters. The Morgan fingerprint density at radius 1 is 1.58 bits per heavy atom. The van der Waals surface area contributed by atoms with Gasteiger partial charge < -0.3 is 15.6 Å². The molecular formula is C7H13NO4. The number of ether oxygens (including phenoxy) is 1. The summed E-state index contributed by atoms with van der Waals surface area (Å²) in [5.74, 6) is -1.39. The molecule has 12 heavy (non-hydrogen) atoms. The fourth-order valence-corrected chi connectivity index (χ4v) is 0.643. The Morgan fingerprint density at radius 3 is 2.58 bits per heavy atom. The standard InChI is InChI=1S/C7H13NO4/c1-5(9)12-4-2-3-6(8)7(10)11/h6H,2-4,8H2,1H3,(H,10,11)/t6-/m0/s1. The van der Waals surface area contributed by atoms with Crippen LogP contribution in [-0.4, -0.2) is 29.7 Å². The molecule has 0 rings (SSSR count). The van der Waals surface area contributed by atoms with E-state index in [9.17, 15) is 9.59 Å². The van der Waals surface area contributed by atoms with Gasteiger partial charge in [-0.2, -0.15) is 0 Å². The Bertz CT molecular complexity index is 169. The summed E-state index contributed by atoms with van der Waals surface area (Å²) in [6, 6.07) is -0.861. The number of rotatable bonds is 5. The van der Waals surface area contributed by atoms with Gasteiger partial charge in [-0.15, -0.1) is 0 Å². The lowest BCUT2D eigenvalue weighted by Crippen LogP contribution is -2.30. The minimum atomic E-state index is -1.03. The van der Waals surface area contributed by atoms with Gasteiger partial charge in [-0.1, -0.05) is 0 Å². The maximum atomic E-state index is 10.3. The number of carboxylic acid groups (broad SMARTS) is 1. The zero-order valence-electron chi connectivity index (χ0n) is 6.95. The first-order chi connectivity index (χ1) is 5.54. The minimum Gasteiger partial charge on any atom is -0.480 e. The molecule has 0 fully saturated rings. The monoisotopic (exact) mass is 175 g/mol. The average molecular weight is 175 g/mol. The van der Waals surface area contributed by atoms with Crippen LogP contribution in [0, 0.1) is 0 Å². The fourth-order valence-electron chi connectivity index (χ4n) is 0.643. The van der Waals surface area contributed by atoms with E-state index in [4.69, 9.17) is 10.8 Å². The maximum Gasteiger partial charge on any atom is 0.320 e. The summed E-state index contributed by atoms with van der Waals surface area (Å²) >= 11 is 0. The summed E-state index contributed by atoms with van der Waals surface area (Å²) in [6.07, 6.45) is 0.801. The predicted molar refractivity (Wildman–Crippen MR) is 41.5 cm³/mol. The largest absolute Gasteiger partial charge is 0.480 e. The van der Waals surface area contributed by atoms with Crippen molar-refractivity contribution in [3.63, 3.8) is 0 Å². The zero-order valence-corrected chi connectivity index (χ0v) is 6.95. The van der Waals surface area contributed by atoms with E-state index in [0.29, 0.717) is 12.8 Å². The molecule has 0 aromatic carbocycles. The molecule has 3 N–H and O–H groups in total. The molecule has 0 bridgehead atoms. The van der Waals surface area contributed by atoms with Crippen LogP contribution in [0.1, 0.15) is 19.8 Å². The first-order valence-electron chi connectivity index (χ1n) is 3.65. The molecule has 0 amide bonds. The van der Waals surface area contributed by atoms with Gasteiger partial charge in [-0.25, -0.2) is 0 Å². The van der Waals surface area contributed by atoms with Crippen molar-refractivity contribution in [1.29, 1.82) is 0 Å². The quantitative estimate of drug-likeness (QED) is 0.444. The third kappa shape index (κ3) is 5.67. The molecule has 0 aliphatic carbocycles. The van der Waals surface area contributed by atoms with Crippen molar-refractivity contribution in [2.24, 2.45) is 5.73 Å². The van der Waals surface area contributed by atoms with E-state index in [0.717, 1.165) is 0 Å². The summed E-state index contributed by atoms with van der Waals surface area (Å²) in [4.78, 5) is 20.4. The van der Waals surface area contributed by atoms with Crippen molar-refractivity contribution in [2.45, 2.75) is 25.8 Å². The van der Waals surface area contributed by atoms with E-state index in [1.807, 2.05) is 0 Å². The summed E-state index contributed by atoms with van der Waals surface area (Å²) in [6.45, 7) is 1.54. The molecule has 0 saturated heterocycles.